The molecule has 200 valence electrons. The highest BCUT2D eigenvalue weighted by Gasteiger charge is 2.37. The fourth-order valence-corrected chi connectivity index (χ4v) is 4.10. The summed E-state index contributed by atoms with van der Waals surface area (Å²) in [4.78, 5) is 8.51. The Morgan fingerprint density at radius 2 is 1.62 bits per heavy atom. The number of halogens is 6. The molecule has 3 aromatic rings. The number of aliphatic hydroxyl groups excluding tert-OH is 1. The van der Waals surface area contributed by atoms with Crippen molar-refractivity contribution in [2.45, 2.75) is 56.7 Å². The highest BCUT2D eigenvalue weighted by molar-refractivity contribution is 5.75. The first-order valence-electron chi connectivity index (χ1n) is 11.5. The Balaban J connectivity index is 1.69. The molecule has 0 bridgehead atoms. The van der Waals surface area contributed by atoms with Crippen molar-refractivity contribution in [1.82, 2.24) is 19.7 Å². The van der Waals surface area contributed by atoms with Gasteiger partial charge in [0.05, 0.1) is 30.5 Å². The van der Waals surface area contributed by atoms with Gasteiger partial charge >= 0.3 is 12.4 Å². The molecule has 0 amide bonds. The van der Waals surface area contributed by atoms with Crippen LogP contribution >= 0.6 is 0 Å². The molecule has 0 unspecified atom stereocenters. The third kappa shape index (κ3) is 6.68. The van der Waals surface area contributed by atoms with Gasteiger partial charge in [0.15, 0.2) is 0 Å². The summed E-state index contributed by atoms with van der Waals surface area (Å²) in [6.45, 7) is 0.145. The molecule has 0 spiro atoms. The lowest BCUT2D eigenvalue weighted by molar-refractivity contribution is -0.143. The van der Waals surface area contributed by atoms with Gasteiger partial charge in [-0.05, 0) is 43.9 Å². The van der Waals surface area contributed by atoms with Crippen LogP contribution in [0.1, 0.15) is 36.8 Å². The van der Waals surface area contributed by atoms with Crippen molar-refractivity contribution in [3.05, 3.63) is 47.9 Å². The minimum atomic E-state index is -4.98. The number of aromatic nitrogens is 4. The summed E-state index contributed by atoms with van der Waals surface area (Å²) in [5.74, 6) is 0.151. The maximum absolute atomic E-state index is 13.3. The van der Waals surface area contributed by atoms with Crippen molar-refractivity contribution < 1.29 is 31.4 Å². The van der Waals surface area contributed by atoms with Crippen LogP contribution in [-0.2, 0) is 18.9 Å². The van der Waals surface area contributed by atoms with Gasteiger partial charge in [-0.15, -0.1) is 0 Å². The van der Waals surface area contributed by atoms with E-state index in [1.54, 1.807) is 12.4 Å². The second-order valence-electron chi connectivity index (χ2n) is 8.85. The normalized spacial score (nSPS) is 18.6. The number of nitrogens with zero attached hydrogens (tertiary/aromatic N) is 4. The summed E-state index contributed by atoms with van der Waals surface area (Å²) in [6.07, 6.45) is -2.22. The standard InChI is InChI=1S/C23H25F6N7O/c24-22(25,26)14-7-15(23(27,28)29)9-18(8-14)34-21-31-11-19(13-10-32-36(12-13)5-6-37)20(35-21)33-17-3-1-16(30)2-4-17/h7-12,16-17,37H,1-6,30H2,(H2,31,33,34,35). The molecule has 2 heterocycles. The first-order valence-corrected chi connectivity index (χ1v) is 11.5. The fourth-order valence-electron chi connectivity index (χ4n) is 4.10. The topological polar surface area (TPSA) is 114 Å². The van der Waals surface area contributed by atoms with Crippen LogP contribution in [0.25, 0.3) is 11.1 Å². The third-order valence-corrected chi connectivity index (χ3v) is 6.02. The SMILES string of the molecule is NC1CCC(Nc2nc(Nc3cc(C(F)(F)F)cc(C(F)(F)F)c3)ncc2-c2cnn(CCO)c2)CC1. The molecule has 8 nitrogen and oxygen atoms in total. The molecule has 0 atom stereocenters. The molecule has 14 heteroatoms. The van der Waals surface area contributed by atoms with Gasteiger partial charge in [0.1, 0.15) is 5.82 Å². The maximum Gasteiger partial charge on any atom is 0.416 e. The van der Waals surface area contributed by atoms with E-state index in [0.29, 0.717) is 29.1 Å². The predicted molar refractivity (Wildman–Crippen MR) is 124 cm³/mol. The molecule has 2 aromatic heterocycles. The van der Waals surface area contributed by atoms with Gasteiger partial charge in [0.2, 0.25) is 5.95 Å². The third-order valence-electron chi connectivity index (χ3n) is 6.02. The lowest BCUT2D eigenvalue weighted by Crippen LogP contribution is -2.33. The number of nitrogens with two attached hydrogens (primary N) is 1. The van der Waals surface area contributed by atoms with Gasteiger partial charge in [-0.3, -0.25) is 4.68 Å². The van der Waals surface area contributed by atoms with Crippen molar-refractivity contribution in [1.29, 1.82) is 0 Å². The van der Waals surface area contributed by atoms with E-state index < -0.39 is 29.2 Å². The first-order chi connectivity index (χ1) is 17.4. The second kappa shape index (κ2) is 10.5. The number of nitrogens with one attached hydrogen (secondary N) is 2. The average Bonchev–Trinajstić information content (AvgIpc) is 3.28. The zero-order valence-electron chi connectivity index (χ0n) is 19.4. The predicted octanol–water partition coefficient (Wildman–Crippen LogP) is 4.80. The summed E-state index contributed by atoms with van der Waals surface area (Å²) in [7, 11) is 0. The van der Waals surface area contributed by atoms with Crippen LogP contribution in [-0.4, -0.2) is 43.5 Å². The Labute approximate surface area is 207 Å². The quantitative estimate of drug-likeness (QED) is 0.325. The number of aliphatic hydroxyl groups is 1. The van der Waals surface area contributed by atoms with Gasteiger partial charge in [0, 0.05) is 41.3 Å². The van der Waals surface area contributed by atoms with Gasteiger partial charge in [-0.25, -0.2) is 4.98 Å². The van der Waals surface area contributed by atoms with E-state index in [4.69, 9.17) is 10.8 Å². The lowest BCUT2D eigenvalue weighted by Gasteiger charge is -2.28. The van der Waals surface area contributed by atoms with E-state index in [1.165, 1.54) is 10.9 Å². The van der Waals surface area contributed by atoms with Crippen LogP contribution in [0.15, 0.2) is 36.8 Å². The molecule has 0 saturated heterocycles. The summed E-state index contributed by atoms with van der Waals surface area (Å²) in [5, 5.41) is 19.1. The summed E-state index contributed by atoms with van der Waals surface area (Å²) >= 11 is 0. The highest BCUT2D eigenvalue weighted by Crippen LogP contribution is 2.38. The van der Waals surface area contributed by atoms with Crippen LogP contribution in [0.3, 0.4) is 0 Å². The Kier molecular flexibility index (Phi) is 7.59. The highest BCUT2D eigenvalue weighted by atomic mass is 19.4. The number of hydrogen-bond donors (Lipinski definition) is 4. The number of benzene rings is 1. The van der Waals surface area contributed by atoms with E-state index in [1.807, 2.05) is 0 Å². The molecule has 1 aliphatic carbocycles. The van der Waals surface area contributed by atoms with Crippen LogP contribution in [0.2, 0.25) is 0 Å². The molecule has 1 fully saturated rings. The monoisotopic (exact) mass is 529 g/mol. The lowest BCUT2D eigenvalue weighted by atomic mass is 9.91. The average molecular weight is 529 g/mol. The van der Waals surface area contributed by atoms with Crippen molar-refractivity contribution in [3.63, 3.8) is 0 Å². The zero-order chi connectivity index (χ0) is 26.8. The Morgan fingerprint density at radius 1 is 0.973 bits per heavy atom. The number of alkyl halides is 6. The second-order valence-corrected chi connectivity index (χ2v) is 8.85. The molecule has 0 aliphatic heterocycles. The van der Waals surface area contributed by atoms with Crippen molar-refractivity contribution in [2.75, 3.05) is 17.2 Å². The molecule has 1 aromatic carbocycles. The first kappa shape index (κ1) is 26.7. The molecule has 5 N–H and O–H groups in total. The minimum absolute atomic E-state index is 0.0131. The molecular weight excluding hydrogens is 504 g/mol. The number of hydrogen-bond acceptors (Lipinski definition) is 7. The molecule has 0 radical (unpaired) electrons. The van der Waals surface area contributed by atoms with E-state index in [0.717, 1.165) is 25.7 Å². The van der Waals surface area contributed by atoms with Crippen LogP contribution in [0.4, 0.5) is 43.8 Å². The summed E-state index contributed by atoms with van der Waals surface area (Å²) < 4.78 is 81.1. The van der Waals surface area contributed by atoms with Gasteiger partial charge in [-0.1, -0.05) is 0 Å². The van der Waals surface area contributed by atoms with Crippen LogP contribution in [0.5, 0.6) is 0 Å². The van der Waals surface area contributed by atoms with E-state index in [2.05, 4.69) is 25.7 Å². The van der Waals surface area contributed by atoms with Crippen molar-refractivity contribution >= 4 is 17.5 Å². The smallest absolute Gasteiger partial charge is 0.394 e. The molecular formula is C23H25F6N7O. The Morgan fingerprint density at radius 3 is 2.22 bits per heavy atom. The number of rotatable bonds is 7. The zero-order valence-corrected chi connectivity index (χ0v) is 19.4. The largest absolute Gasteiger partial charge is 0.416 e. The molecule has 37 heavy (non-hydrogen) atoms. The minimum Gasteiger partial charge on any atom is -0.394 e. The maximum atomic E-state index is 13.3. The summed E-state index contributed by atoms with van der Waals surface area (Å²) in [5.41, 5.74) is 3.78. The van der Waals surface area contributed by atoms with Gasteiger partial charge in [0.25, 0.3) is 0 Å². The summed E-state index contributed by atoms with van der Waals surface area (Å²) in [6, 6.07) is 1.31. The van der Waals surface area contributed by atoms with Crippen molar-refractivity contribution in [2.24, 2.45) is 5.73 Å². The van der Waals surface area contributed by atoms with Crippen LogP contribution < -0.4 is 16.4 Å². The van der Waals surface area contributed by atoms with E-state index >= 15 is 0 Å². The van der Waals surface area contributed by atoms with E-state index in [9.17, 15) is 26.3 Å². The molecule has 1 aliphatic rings. The fraction of sp³-hybridized carbons (Fsp3) is 0.435. The number of anilines is 3. The Hall–Kier alpha value is -3.39. The Bertz CT molecular complexity index is 1190. The van der Waals surface area contributed by atoms with Gasteiger partial charge in [-0.2, -0.15) is 36.4 Å². The van der Waals surface area contributed by atoms with Gasteiger partial charge < -0.3 is 21.5 Å². The molecule has 4 rings (SSSR count). The van der Waals surface area contributed by atoms with Crippen molar-refractivity contribution in [3.8, 4) is 11.1 Å². The van der Waals surface area contributed by atoms with Crippen LogP contribution in [0, 0.1) is 0 Å². The molecule has 1 saturated carbocycles. The van der Waals surface area contributed by atoms with E-state index in [-0.39, 0.29) is 37.3 Å².